The number of rotatable bonds is 5. The first-order valence-corrected chi connectivity index (χ1v) is 7.71. The van der Waals surface area contributed by atoms with Crippen LogP contribution in [0.15, 0.2) is 36.9 Å². The number of hydrogen-bond donors (Lipinski definition) is 5. The molecule has 0 atom stereocenters. The van der Waals surface area contributed by atoms with Gasteiger partial charge in [0.25, 0.3) is 0 Å². The van der Waals surface area contributed by atoms with E-state index >= 15 is 0 Å². The van der Waals surface area contributed by atoms with E-state index in [2.05, 4.69) is 35.9 Å². The normalized spacial score (nSPS) is 10.2. The van der Waals surface area contributed by atoms with Crippen molar-refractivity contribution in [1.82, 2.24) is 30.6 Å². The highest BCUT2D eigenvalue weighted by molar-refractivity contribution is 5.94. The van der Waals surface area contributed by atoms with Gasteiger partial charge in [0.1, 0.15) is 5.82 Å². The second-order valence-corrected chi connectivity index (χ2v) is 5.15. The summed E-state index contributed by atoms with van der Waals surface area (Å²) in [5, 5.41) is 8.39. The van der Waals surface area contributed by atoms with Gasteiger partial charge in [0.05, 0.1) is 47.9 Å². The van der Waals surface area contributed by atoms with Gasteiger partial charge in [-0.05, 0) is 26.2 Å². The third-order valence-corrected chi connectivity index (χ3v) is 3.14. The van der Waals surface area contributed by atoms with Crippen LogP contribution in [0.4, 0.5) is 11.4 Å². The molecule has 0 bridgehead atoms. The number of fused-ring (bicyclic) bond motifs is 1. The summed E-state index contributed by atoms with van der Waals surface area (Å²) in [5.41, 5.74) is 8.60. The predicted molar refractivity (Wildman–Crippen MR) is 97.9 cm³/mol. The Kier molecular flexibility index (Phi) is 6.81. The zero-order valence-electron chi connectivity index (χ0n) is 14.2. The first kappa shape index (κ1) is 18.3. The van der Waals surface area contributed by atoms with Crippen LogP contribution in [-0.4, -0.2) is 46.5 Å². The molecule has 0 saturated heterocycles. The molecule has 3 rings (SSSR count). The molecule has 132 valence electrons. The number of carbonyl (C=O) groups is 1. The molecule has 1 amide bonds. The molecule has 6 N–H and O–H groups in total. The molecule has 0 aliphatic carbocycles. The molecule has 0 aromatic carbocycles. The van der Waals surface area contributed by atoms with Crippen LogP contribution >= 0.6 is 0 Å². The van der Waals surface area contributed by atoms with E-state index in [1.165, 1.54) is 6.20 Å². The van der Waals surface area contributed by atoms with E-state index in [9.17, 15) is 4.79 Å². The molecule has 0 unspecified atom stereocenters. The van der Waals surface area contributed by atoms with E-state index < -0.39 is 0 Å². The summed E-state index contributed by atoms with van der Waals surface area (Å²) in [7, 11) is 3.59. The van der Waals surface area contributed by atoms with E-state index in [0.717, 1.165) is 23.4 Å². The van der Waals surface area contributed by atoms with Crippen LogP contribution in [0.25, 0.3) is 11.0 Å². The molecule has 3 aromatic heterocycles. The summed E-state index contributed by atoms with van der Waals surface area (Å²) in [4.78, 5) is 26.5. The average Bonchev–Trinajstić information content (AvgIpc) is 3.00. The molecule has 0 radical (unpaired) electrons. The number of nitrogen functional groups attached to an aromatic ring is 1. The van der Waals surface area contributed by atoms with Crippen molar-refractivity contribution in [2.75, 3.05) is 31.7 Å². The highest BCUT2D eigenvalue weighted by atomic mass is 16.1. The fraction of sp³-hybridized carbons (Fsp3) is 0.250. The Hall–Kier alpha value is -3.04. The van der Waals surface area contributed by atoms with E-state index in [1.807, 2.05) is 13.1 Å². The smallest absolute Gasteiger partial charge is 0.238 e. The Morgan fingerprint density at radius 2 is 1.92 bits per heavy atom. The molecule has 0 spiro atoms. The molecular formula is C16H22N8O. The number of nitrogens with two attached hydrogens (primary N) is 1. The molecule has 0 fully saturated rings. The third-order valence-electron chi connectivity index (χ3n) is 3.14. The molecule has 9 nitrogen and oxygen atoms in total. The van der Waals surface area contributed by atoms with Gasteiger partial charge in [-0.3, -0.25) is 14.8 Å². The maximum Gasteiger partial charge on any atom is 0.238 e. The van der Waals surface area contributed by atoms with E-state index in [1.54, 1.807) is 31.7 Å². The minimum atomic E-state index is -0.137. The van der Waals surface area contributed by atoms with E-state index in [-0.39, 0.29) is 12.5 Å². The summed E-state index contributed by atoms with van der Waals surface area (Å²) in [6.45, 7) is 1.02. The highest BCUT2D eigenvalue weighted by Gasteiger charge is 2.02. The molecular weight excluding hydrogens is 320 g/mol. The Balaban J connectivity index is 0.000000181. The van der Waals surface area contributed by atoms with Crippen LogP contribution in [0.2, 0.25) is 0 Å². The molecule has 3 aromatic rings. The monoisotopic (exact) mass is 342 g/mol. The molecule has 0 saturated carbocycles. The van der Waals surface area contributed by atoms with Crippen LogP contribution in [-0.2, 0) is 11.3 Å². The lowest BCUT2D eigenvalue weighted by Gasteiger charge is -2.05. The summed E-state index contributed by atoms with van der Waals surface area (Å²) < 4.78 is 0. The van der Waals surface area contributed by atoms with Crippen molar-refractivity contribution in [2.45, 2.75) is 6.54 Å². The number of likely N-dealkylation sites (N-methyl/N-ethyl adjacent to an activating group) is 1. The lowest BCUT2D eigenvalue weighted by Crippen LogP contribution is -2.25. The summed E-state index contributed by atoms with van der Waals surface area (Å²) in [6, 6.07) is 3.53. The fourth-order valence-corrected chi connectivity index (χ4v) is 2.03. The zero-order valence-corrected chi connectivity index (χ0v) is 14.2. The first-order chi connectivity index (χ1) is 12.1. The van der Waals surface area contributed by atoms with Crippen molar-refractivity contribution >= 4 is 28.3 Å². The van der Waals surface area contributed by atoms with Gasteiger partial charge >= 0.3 is 0 Å². The quantitative estimate of drug-likeness (QED) is 0.456. The minimum absolute atomic E-state index is 0.137. The van der Waals surface area contributed by atoms with Gasteiger partial charge in [0, 0.05) is 12.4 Å². The second-order valence-electron chi connectivity index (χ2n) is 5.15. The molecule has 0 aliphatic heterocycles. The predicted octanol–water partition coefficient (Wildman–Crippen LogP) is 0.499. The summed E-state index contributed by atoms with van der Waals surface area (Å²) in [5.74, 6) is 0.808. The maximum atomic E-state index is 11.1. The number of aromatic nitrogens is 4. The molecule has 3 heterocycles. The van der Waals surface area contributed by atoms with Crippen LogP contribution in [0, 0.1) is 0 Å². The van der Waals surface area contributed by atoms with Crippen LogP contribution in [0.5, 0.6) is 0 Å². The molecule has 0 aliphatic rings. The molecule has 25 heavy (non-hydrogen) atoms. The Labute approximate surface area is 145 Å². The van der Waals surface area contributed by atoms with Crippen molar-refractivity contribution in [2.24, 2.45) is 0 Å². The number of H-pyrrole nitrogens is 1. The van der Waals surface area contributed by atoms with Crippen molar-refractivity contribution in [3.63, 3.8) is 0 Å². The van der Waals surface area contributed by atoms with Gasteiger partial charge in [-0.15, -0.1) is 0 Å². The van der Waals surface area contributed by atoms with Crippen LogP contribution in [0.1, 0.15) is 5.82 Å². The SMILES string of the molecule is CNCC(=O)Nc1cnccc1N.CNCc1nc2ccncc2[nH]1. The number of amides is 1. The lowest BCUT2D eigenvalue weighted by atomic mass is 10.3. The Morgan fingerprint density at radius 3 is 2.60 bits per heavy atom. The second kappa shape index (κ2) is 9.30. The number of aromatic amines is 1. The van der Waals surface area contributed by atoms with Gasteiger partial charge in [0.2, 0.25) is 5.91 Å². The van der Waals surface area contributed by atoms with Crippen molar-refractivity contribution in [1.29, 1.82) is 0 Å². The maximum absolute atomic E-state index is 11.1. The van der Waals surface area contributed by atoms with Gasteiger partial charge in [-0.25, -0.2) is 4.98 Å². The van der Waals surface area contributed by atoms with Crippen molar-refractivity contribution in [3.8, 4) is 0 Å². The minimum Gasteiger partial charge on any atom is -0.397 e. The number of carbonyl (C=O) groups excluding carboxylic acids is 1. The average molecular weight is 342 g/mol. The third kappa shape index (κ3) is 5.52. The number of imidazole rings is 1. The lowest BCUT2D eigenvalue weighted by molar-refractivity contribution is -0.115. The van der Waals surface area contributed by atoms with Crippen LogP contribution in [0.3, 0.4) is 0 Å². The number of anilines is 2. The Morgan fingerprint density at radius 1 is 1.16 bits per heavy atom. The summed E-state index contributed by atoms with van der Waals surface area (Å²) >= 11 is 0. The Bertz CT molecular complexity index is 784. The van der Waals surface area contributed by atoms with Gasteiger partial charge in [-0.2, -0.15) is 0 Å². The van der Waals surface area contributed by atoms with Crippen molar-refractivity contribution < 1.29 is 4.79 Å². The van der Waals surface area contributed by atoms with Gasteiger partial charge in [0.15, 0.2) is 0 Å². The summed E-state index contributed by atoms with van der Waals surface area (Å²) in [6.07, 6.45) is 6.61. The highest BCUT2D eigenvalue weighted by Crippen LogP contribution is 2.14. The largest absolute Gasteiger partial charge is 0.397 e. The number of nitrogens with zero attached hydrogens (tertiary/aromatic N) is 3. The van der Waals surface area contributed by atoms with Gasteiger partial charge < -0.3 is 26.7 Å². The topological polar surface area (TPSA) is 134 Å². The number of pyridine rings is 2. The molecule has 9 heteroatoms. The zero-order chi connectivity index (χ0) is 18.1. The number of nitrogens with one attached hydrogen (secondary N) is 4. The van der Waals surface area contributed by atoms with Crippen molar-refractivity contribution in [3.05, 3.63) is 42.7 Å². The van der Waals surface area contributed by atoms with E-state index in [0.29, 0.717) is 11.4 Å². The van der Waals surface area contributed by atoms with Crippen LogP contribution < -0.4 is 21.7 Å². The fourth-order valence-electron chi connectivity index (χ4n) is 2.03. The standard InChI is InChI=1S/C8H12N4O.C8H10N4/c1-10-5-8(13)12-7-4-11-3-2-6(7)9;1-9-5-8-11-6-2-3-10-4-7(6)12-8/h2-4,10H,5H2,1H3,(H2,9,11)(H,12,13);2-4,9H,5H2,1H3,(H,11,12). The van der Waals surface area contributed by atoms with E-state index in [4.69, 9.17) is 5.73 Å². The number of hydrogen-bond acceptors (Lipinski definition) is 7. The first-order valence-electron chi connectivity index (χ1n) is 7.71. The van der Waals surface area contributed by atoms with Gasteiger partial charge in [-0.1, -0.05) is 0 Å².